The van der Waals surface area contributed by atoms with E-state index in [-0.39, 0.29) is 10.8 Å². The van der Waals surface area contributed by atoms with Crippen LogP contribution in [0.15, 0.2) is 194 Å². The molecule has 0 amide bonds. The molecule has 13 rings (SSSR count). The lowest BCUT2D eigenvalue weighted by atomic mass is 9.85. The maximum Gasteiger partial charge on any atom is -0.00195 e. The zero-order valence-corrected chi connectivity index (χ0v) is 38.5. The van der Waals surface area contributed by atoms with Gasteiger partial charge in [0.05, 0.1) is 0 Å². The first-order chi connectivity index (χ1) is 32.0. The zero-order chi connectivity index (χ0) is 44.6. The van der Waals surface area contributed by atoms with E-state index in [1.807, 2.05) is 0 Å². The molecular formula is C66H50. The SMILES string of the molecule is CC(C)(C)c1ccc(-c2cc3c4ccc5c(cc6c7ccc(-c8ccccc8)cc7c7cc(-c8ccc(C(C)(C)C)cc8)cc5c76)c4cc4c5ccc(-c6ccccc6)cc5c(c2)c34)cc1. The van der Waals surface area contributed by atoms with Gasteiger partial charge in [0.1, 0.15) is 0 Å². The summed E-state index contributed by atoms with van der Waals surface area (Å²) in [5.74, 6) is 0. The van der Waals surface area contributed by atoms with Crippen LogP contribution in [0.4, 0.5) is 0 Å². The van der Waals surface area contributed by atoms with E-state index < -0.39 is 0 Å². The molecule has 0 bridgehead atoms. The van der Waals surface area contributed by atoms with Crippen molar-refractivity contribution >= 4 is 86.2 Å². The summed E-state index contributed by atoms with van der Waals surface area (Å²) in [6.07, 6.45) is 0. The van der Waals surface area contributed by atoms with Crippen LogP contribution in [0.25, 0.3) is 131 Å². The van der Waals surface area contributed by atoms with Crippen molar-refractivity contribution < 1.29 is 0 Å². The molecule has 0 aliphatic carbocycles. The van der Waals surface area contributed by atoms with Gasteiger partial charge in [0.2, 0.25) is 0 Å². The Kier molecular flexibility index (Phi) is 8.24. The lowest BCUT2D eigenvalue weighted by molar-refractivity contribution is 0.590. The van der Waals surface area contributed by atoms with Crippen LogP contribution in [-0.4, -0.2) is 0 Å². The van der Waals surface area contributed by atoms with Crippen molar-refractivity contribution in [3.8, 4) is 44.5 Å². The van der Waals surface area contributed by atoms with Gasteiger partial charge in [-0.25, -0.2) is 0 Å². The van der Waals surface area contributed by atoms with Crippen molar-refractivity contribution in [1.82, 2.24) is 0 Å². The van der Waals surface area contributed by atoms with E-state index in [4.69, 9.17) is 0 Å². The van der Waals surface area contributed by atoms with Crippen molar-refractivity contribution in [2.24, 2.45) is 0 Å². The van der Waals surface area contributed by atoms with Gasteiger partial charge < -0.3 is 0 Å². The Morgan fingerprint density at radius 3 is 0.803 bits per heavy atom. The second-order valence-corrected chi connectivity index (χ2v) is 20.9. The molecule has 0 heterocycles. The van der Waals surface area contributed by atoms with E-state index in [2.05, 4.69) is 236 Å². The molecule has 0 aliphatic rings. The predicted molar refractivity (Wildman–Crippen MR) is 288 cm³/mol. The van der Waals surface area contributed by atoms with Crippen LogP contribution in [-0.2, 0) is 10.8 Å². The standard InChI is InChI=1S/C66H50/c1-65(2,3)47-23-17-41(18-24-47)45-33-57-51-29-30-52-56(55(51)37-61-49-27-21-43(39-13-9-7-10-14-39)31-53(49)59(35-45)63(57)61)38-62-50-28-22-44(40-15-11-8-12-16-40)32-54(50)60-36-46(34-58(52)64(60)62)42-19-25-48(26-20-42)66(4,5)6/h7-38H,1-6H3. The second-order valence-electron chi connectivity index (χ2n) is 20.9. The fourth-order valence-electron chi connectivity index (χ4n) is 11.3. The maximum absolute atomic E-state index is 2.53. The average Bonchev–Trinajstić information content (AvgIpc) is 3.83. The lowest BCUT2D eigenvalue weighted by Gasteiger charge is -2.19. The molecule has 0 saturated carbocycles. The van der Waals surface area contributed by atoms with E-state index in [9.17, 15) is 0 Å². The second kappa shape index (κ2) is 14.0. The summed E-state index contributed by atoms with van der Waals surface area (Å²) >= 11 is 0. The van der Waals surface area contributed by atoms with Crippen LogP contribution in [0, 0.1) is 0 Å². The third kappa shape index (κ3) is 5.91. The molecule has 0 radical (unpaired) electrons. The van der Waals surface area contributed by atoms with Gasteiger partial charge >= 0.3 is 0 Å². The van der Waals surface area contributed by atoms with E-state index in [0.29, 0.717) is 0 Å². The third-order valence-electron chi connectivity index (χ3n) is 14.8. The summed E-state index contributed by atoms with van der Waals surface area (Å²) < 4.78 is 0. The minimum Gasteiger partial charge on any atom is -0.0622 e. The van der Waals surface area contributed by atoms with Crippen LogP contribution < -0.4 is 0 Å². The Bertz CT molecular complexity index is 3780. The number of fused-ring (bicyclic) bond motifs is 11. The van der Waals surface area contributed by atoms with Crippen molar-refractivity contribution in [3.05, 3.63) is 205 Å². The van der Waals surface area contributed by atoms with Gasteiger partial charge in [0.15, 0.2) is 0 Å². The Morgan fingerprint density at radius 1 is 0.197 bits per heavy atom. The highest BCUT2D eigenvalue weighted by Crippen LogP contribution is 2.50. The van der Waals surface area contributed by atoms with Gasteiger partial charge in [-0.15, -0.1) is 0 Å². The van der Waals surface area contributed by atoms with Gasteiger partial charge in [-0.3, -0.25) is 0 Å². The van der Waals surface area contributed by atoms with Gasteiger partial charge in [-0.2, -0.15) is 0 Å². The van der Waals surface area contributed by atoms with E-state index >= 15 is 0 Å². The van der Waals surface area contributed by atoms with Gasteiger partial charge in [-0.1, -0.05) is 187 Å². The summed E-state index contributed by atoms with van der Waals surface area (Å²) in [4.78, 5) is 0. The molecule has 13 aromatic rings. The summed E-state index contributed by atoms with van der Waals surface area (Å²) in [5, 5.41) is 21.0. The first-order valence-corrected chi connectivity index (χ1v) is 23.6. The summed E-state index contributed by atoms with van der Waals surface area (Å²) in [7, 11) is 0. The molecule has 0 saturated heterocycles. The molecule has 0 unspecified atom stereocenters. The highest BCUT2D eigenvalue weighted by Gasteiger charge is 2.23. The Morgan fingerprint density at radius 2 is 0.455 bits per heavy atom. The molecule has 66 heavy (non-hydrogen) atoms. The first kappa shape index (κ1) is 38.9. The molecule has 0 spiro atoms. The van der Waals surface area contributed by atoms with Gasteiger partial charge in [0.25, 0.3) is 0 Å². The molecule has 0 heteroatoms. The molecule has 0 aromatic heterocycles. The summed E-state index contributed by atoms with van der Waals surface area (Å²) in [6, 6.07) is 74.2. The molecular weight excluding hydrogens is 793 g/mol. The molecule has 0 atom stereocenters. The number of rotatable bonds is 4. The monoisotopic (exact) mass is 842 g/mol. The minimum absolute atomic E-state index is 0.0858. The number of benzene rings is 11. The fourth-order valence-corrected chi connectivity index (χ4v) is 11.3. The van der Waals surface area contributed by atoms with Crippen molar-refractivity contribution in [1.29, 1.82) is 0 Å². The number of hydrogen-bond acceptors (Lipinski definition) is 0. The minimum atomic E-state index is 0.0858. The average molecular weight is 843 g/mol. The highest BCUT2D eigenvalue weighted by molar-refractivity contribution is 6.41. The first-order valence-electron chi connectivity index (χ1n) is 23.6. The predicted octanol–water partition coefficient (Wildman–Crippen LogP) is 19.1. The maximum atomic E-state index is 2.53. The third-order valence-corrected chi connectivity index (χ3v) is 14.8. The lowest BCUT2D eigenvalue weighted by Crippen LogP contribution is -2.10. The number of hydrogen-bond donors (Lipinski definition) is 0. The molecule has 0 nitrogen and oxygen atoms in total. The van der Waals surface area contributed by atoms with E-state index in [0.717, 1.165) is 0 Å². The van der Waals surface area contributed by atoms with E-state index in [1.165, 1.54) is 142 Å². The van der Waals surface area contributed by atoms with Crippen molar-refractivity contribution in [2.75, 3.05) is 0 Å². The Balaban J connectivity index is 1.14. The zero-order valence-electron chi connectivity index (χ0n) is 38.5. The summed E-state index contributed by atoms with van der Waals surface area (Å²) in [5.41, 5.74) is 12.8. The molecule has 13 aromatic carbocycles. The fraction of sp³-hybridized carbons (Fsp3) is 0.121. The molecule has 314 valence electrons. The normalized spacial score (nSPS) is 12.7. The smallest absolute Gasteiger partial charge is 0.00195 e. The van der Waals surface area contributed by atoms with Gasteiger partial charge in [-0.05, 0) is 201 Å². The van der Waals surface area contributed by atoms with Gasteiger partial charge in [0, 0.05) is 0 Å². The van der Waals surface area contributed by atoms with Crippen LogP contribution >= 0.6 is 0 Å². The molecule has 0 aliphatic heterocycles. The molecule has 0 N–H and O–H groups in total. The Hall–Kier alpha value is -7.54. The highest BCUT2D eigenvalue weighted by atomic mass is 14.3. The Labute approximate surface area is 386 Å². The molecule has 0 fully saturated rings. The van der Waals surface area contributed by atoms with E-state index in [1.54, 1.807) is 0 Å². The van der Waals surface area contributed by atoms with Crippen LogP contribution in [0.1, 0.15) is 52.7 Å². The van der Waals surface area contributed by atoms with Crippen LogP contribution in [0.2, 0.25) is 0 Å². The quantitative estimate of drug-likeness (QED) is 0.155. The van der Waals surface area contributed by atoms with Crippen molar-refractivity contribution in [3.63, 3.8) is 0 Å². The largest absolute Gasteiger partial charge is 0.0622 e. The topological polar surface area (TPSA) is 0 Å². The van der Waals surface area contributed by atoms with Crippen molar-refractivity contribution in [2.45, 2.75) is 52.4 Å². The van der Waals surface area contributed by atoms with Crippen LogP contribution in [0.5, 0.6) is 0 Å². The summed E-state index contributed by atoms with van der Waals surface area (Å²) in [6.45, 7) is 13.7. The van der Waals surface area contributed by atoms with Crippen LogP contribution in [0.3, 0.4) is 0 Å².